The minimum absolute atomic E-state index is 0.0779. The monoisotopic (exact) mass is 322 g/mol. The molecule has 0 saturated carbocycles. The lowest BCUT2D eigenvalue weighted by molar-refractivity contribution is -0.385. The third-order valence-corrected chi connectivity index (χ3v) is 3.18. The number of hydrogen-bond acceptors (Lipinski definition) is 4. The summed E-state index contributed by atoms with van der Waals surface area (Å²) in [6, 6.07) is 8.35. The third-order valence-electron chi connectivity index (χ3n) is 2.57. The number of alkyl halides is 1. The molecule has 0 radical (unpaired) electrons. The van der Waals surface area contributed by atoms with Crippen LogP contribution in [-0.4, -0.2) is 9.91 Å². The first-order chi connectivity index (χ1) is 9.11. The molecule has 2 rings (SSSR count). The van der Waals surface area contributed by atoms with Crippen LogP contribution in [-0.2, 0) is 5.33 Å². The first-order valence-corrected chi connectivity index (χ1v) is 6.66. The standard InChI is InChI=1S/C13H11BrN2O3/c1-9-7-11(4-5-12(9)16(17)18)19-13-10(8-14)3-2-6-15-13/h2-7H,8H2,1H3. The fourth-order valence-corrected chi connectivity index (χ4v) is 2.05. The van der Waals surface area contributed by atoms with Crippen LogP contribution in [0.3, 0.4) is 0 Å². The molecule has 2 aromatic rings. The molecule has 0 atom stereocenters. The highest BCUT2D eigenvalue weighted by Crippen LogP contribution is 2.28. The van der Waals surface area contributed by atoms with E-state index in [1.54, 1.807) is 25.3 Å². The van der Waals surface area contributed by atoms with Gasteiger partial charge in [-0.2, -0.15) is 0 Å². The number of halogens is 1. The highest BCUT2D eigenvalue weighted by molar-refractivity contribution is 9.08. The molecule has 19 heavy (non-hydrogen) atoms. The van der Waals surface area contributed by atoms with E-state index >= 15 is 0 Å². The normalized spacial score (nSPS) is 10.2. The molecular formula is C13H11BrN2O3. The summed E-state index contributed by atoms with van der Waals surface area (Å²) in [6.45, 7) is 1.68. The minimum Gasteiger partial charge on any atom is -0.439 e. The van der Waals surface area contributed by atoms with Crippen LogP contribution >= 0.6 is 15.9 Å². The van der Waals surface area contributed by atoms with Gasteiger partial charge in [0.25, 0.3) is 5.69 Å². The second-order valence-corrected chi connectivity index (χ2v) is 4.47. The number of hydrogen-bond donors (Lipinski definition) is 0. The van der Waals surface area contributed by atoms with Crippen LogP contribution in [0.4, 0.5) is 5.69 Å². The van der Waals surface area contributed by atoms with Crippen molar-refractivity contribution in [3.05, 3.63) is 57.8 Å². The molecule has 0 spiro atoms. The number of benzene rings is 1. The van der Waals surface area contributed by atoms with Crippen LogP contribution in [0.1, 0.15) is 11.1 Å². The van der Waals surface area contributed by atoms with Crippen LogP contribution < -0.4 is 4.74 Å². The van der Waals surface area contributed by atoms with Crippen molar-refractivity contribution in [1.29, 1.82) is 0 Å². The van der Waals surface area contributed by atoms with Gasteiger partial charge < -0.3 is 4.74 Å². The maximum Gasteiger partial charge on any atom is 0.272 e. The second kappa shape index (κ2) is 5.79. The largest absolute Gasteiger partial charge is 0.439 e. The summed E-state index contributed by atoms with van der Waals surface area (Å²) >= 11 is 3.36. The summed E-state index contributed by atoms with van der Waals surface area (Å²) in [4.78, 5) is 14.5. The molecule has 98 valence electrons. The van der Waals surface area contributed by atoms with E-state index in [9.17, 15) is 10.1 Å². The average molecular weight is 323 g/mol. The van der Waals surface area contributed by atoms with E-state index in [-0.39, 0.29) is 5.69 Å². The molecule has 0 aliphatic heterocycles. The zero-order valence-electron chi connectivity index (χ0n) is 10.2. The number of nitro benzene ring substituents is 1. The van der Waals surface area contributed by atoms with Crippen molar-refractivity contribution < 1.29 is 9.66 Å². The molecule has 6 heteroatoms. The summed E-state index contributed by atoms with van der Waals surface area (Å²) in [7, 11) is 0. The Kier molecular flexibility index (Phi) is 4.11. The lowest BCUT2D eigenvalue weighted by atomic mass is 10.2. The summed E-state index contributed by atoms with van der Waals surface area (Å²) < 4.78 is 5.65. The van der Waals surface area contributed by atoms with Crippen LogP contribution in [0, 0.1) is 17.0 Å². The SMILES string of the molecule is Cc1cc(Oc2ncccc2CBr)ccc1[N+](=O)[O-]. The Bertz CT molecular complexity index is 617. The Morgan fingerprint density at radius 2 is 2.21 bits per heavy atom. The number of aromatic nitrogens is 1. The number of pyridine rings is 1. The Hall–Kier alpha value is -1.95. The van der Waals surface area contributed by atoms with E-state index in [0.29, 0.717) is 22.5 Å². The first-order valence-electron chi connectivity index (χ1n) is 5.54. The number of nitro groups is 1. The van der Waals surface area contributed by atoms with E-state index in [0.717, 1.165) is 5.56 Å². The zero-order valence-corrected chi connectivity index (χ0v) is 11.8. The summed E-state index contributed by atoms with van der Waals surface area (Å²) in [5, 5.41) is 11.4. The van der Waals surface area contributed by atoms with Gasteiger partial charge in [0.15, 0.2) is 0 Å². The predicted octanol–water partition coefficient (Wildman–Crippen LogP) is 3.99. The molecule has 1 aromatic heterocycles. The van der Waals surface area contributed by atoms with Crippen LogP contribution in [0.15, 0.2) is 36.5 Å². The van der Waals surface area contributed by atoms with Gasteiger partial charge in [0.2, 0.25) is 5.88 Å². The van der Waals surface area contributed by atoms with Gasteiger partial charge in [-0.25, -0.2) is 4.98 Å². The first kappa shape index (κ1) is 13.5. The third kappa shape index (κ3) is 3.08. The van der Waals surface area contributed by atoms with Gasteiger partial charge in [-0.15, -0.1) is 0 Å². The van der Waals surface area contributed by atoms with Gasteiger partial charge in [-0.3, -0.25) is 10.1 Å². The highest BCUT2D eigenvalue weighted by Gasteiger charge is 2.12. The molecule has 5 nitrogen and oxygen atoms in total. The number of nitrogens with zero attached hydrogens (tertiary/aromatic N) is 2. The molecule has 0 aliphatic rings. The predicted molar refractivity (Wildman–Crippen MR) is 74.8 cm³/mol. The highest BCUT2D eigenvalue weighted by atomic mass is 79.9. The van der Waals surface area contributed by atoms with E-state index in [1.807, 2.05) is 12.1 Å². The van der Waals surface area contributed by atoms with E-state index < -0.39 is 4.92 Å². The topological polar surface area (TPSA) is 65.3 Å². The lowest BCUT2D eigenvalue weighted by Crippen LogP contribution is -1.95. The number of rotatable bonds is 4. The molecule has 0 amide bonds. The average Bonchev–Trinajstić information content (AvgIpc) is 2.39. The van der Waals surface area contributed by atoms with E-state index in [4.69, 9.17) is 4.74 Å². The number of ether oxygens (including phenoxy) is 1. The summed E-state index contributed by atoms with van der Waals surface area (Å²) in [6.07, 6.45) is 1.64. The van der Waals surface area contributed by atoms with Crippen molar-refractivity contribution in [3.8, 4) is 11.6 Å². The smallest absolute Gasteiger partial charge is 0.272 e. The van der Waals surface area contributed by atoms with Crippen molar-refractivity contribution in [2.45, 2.75) is 12.3 Å². The molecule has 0 unspecified atom stereocenters. The molecule has 0 aliphatic carbocycles. The molecule has 1 heterocycles. The fourth-order valence-electron chi connectivity index (χ4n) is 1.63. The Balaban J connectivity index is 2.29. The van der Waals surface area contributed by atoms with Crippen LogP contribution in [0.2, 0.25) is 0 Å². The summed E-state index contributed by atoms with van der Waals surface area (Å²) in [5.74, 6) is 1.02. The quantitative estimate of drug-likeness (QED) is 0.485. The number of aryl methyl sites for hydroxylation is 1. The van der Waals surface area contributed by atoms with Crippen LogP contribution in [0.5, 0.6) is 11.6 Å². The molecular weight excluding hydrogens is 312 g/mol. The maximum absolute atomic E-state index is 10.7. The molecule has 0 bridgehead atoms. The van der Waals surface area contributed by atoms with Gasteiger partial charge >= 0.3 is 0 Å². The Labute approximate surface area is 118 Å². The van der Waals surface area contributed by atoms with Crippen molar-refractivity contribution >= 4 is 21.6 Å². The Morgan fingerprint density at radius 1 is 1.42 bits per heavy atom. The summed E-state index contributed by atoms with van der Waals surface area (Å²) in [5.41, 5.74) is 1.55. The lowest BCUT2D eigenvalue weighted by Gasteiger charge is -2.08. The van der Waals surface area contributed by atoms with Gasteiger partial charge in [0.1, 0.15) is 5.75 Å². The molecule has 1 aromatic carbocycles. The van der Waals surface area contributed by atoms with Crippen molar-refractivity contribution in [2.75, 3.05) is 0 Å². The van der Waals surface area contributed by atoms with Gasteiger partial charge in [-0.1, -0.05) is 22.0 Å². The fraction of sp³-hybridized carbons (Fsp3) is 0.154. The van der Waals surface area contributed by atoms with Crippen molar-refractivity contribution in [3.63, 3.8) is 0 Å². The van der Waals surface area contributed by atoms with E-state index in [1.165, 1.54) is 6.07 Å². The van der Waals surface area contributed by atoms with Gasteiger partial charge in [-0.05, 0) is 25.1 Å². The molecule has 0 saturated heterocycles. The molecule has 0 fully saturated rings. The van der Waals surface area contributed by atoms with Gasteiger partial charge in [0, 0.05) is 28.7 Å². The molecule has 0 N–H and O–H groups in total. The van der Waals surface area contributed by atoms with Crippen LogP contribution in [0.25, 0.3) is 0 Å². The minimum atomic E-state index is -0.413. The zero-order chi connectivity index (χ0) is 13.8. The maximum atomic E-state index is 10.7. The van der Waals surface area contributed by atoms with E-state index in [2.05, 4.69) is 20.9 Å². The van der Waals surface area contributed by atoms with Crippen molar-refractivity contribution in [1.82, 2.24) is 4.98 Å². The Morgan fingerprint density at radius 3 is 2.84 bits per heavy atom. The van der Waals surface area contributed by atoms with Crippen molar-refractivity contribution in [2.24, 2.45) is 0 Å². The van der Waals surface area contributed by atoms with Gasteiger partial charge in [0.05, 0.1) is 4.92 Å². The second-order valence-electron chi connectivity index (χ2n) is 3.91.